The van der Waals surface area contributed by atoms with Gasteiger partial charge in [0.15, 0.2) is 0 Å². The molecule has 0 radical (unpaired) electrons. The topological polar surface area (TPSA) is 75.0 Å². The van der Waals surface area contributed by atoms with Crippen molar-refractivity contribution in [1.82, 2.24) is 0 Å². The molecule has 100 valence electrons. The highest BCUT2D eigenvalue weighted by atomic mass is 16.7. The third-order valence-corrected chi connectivity index (χ3v) is 1.68. The first-order valence-corrected chi connectivity index (χ1v) is 5.43. The summed E-state index contributed by atoms with van der Waals surface area (Å²) in [6.07, 6.45) is 1.85. The fourth-order valence-electron chi connectivity index (χ4n) is 1.00. The predicted molar refractivity (Wildman–Crippen MR) is 61.2 cm³/mol. The summed E-state index contributed by atoms with van der Waals surface area (Å²) in [4.78, 5) is 22.5. The summed E-state index contributed by atoms with van der Waals surface area (Å²) in [5.41, 5.74) is -0.294. The maximum absolute atomic E-state index is 11.3. The molecule has 0 amide bonds. The Morgan fingerprint density at radius 3 is 2.44 bits per heavy atom. The number of carbonyl (C=O) groups excluding carboxylic acids is 2. The molecule has 0 aliphatic rings. The molecule has 6 heteroatoms. The van der Waals surface area contributed by atoms with E-state index in [2.05, 4.69) is 0 Å². The van der Waals surface area contributed by atoms with Gasteiger partial charge in [-0.25, -0.2) is 9.59 Å². The Bertz CT molecular complexity index is 387. The number of hydrogen-bond acceptors (Lipinski definition) is 6. The first-order chi connectivity index (χ1) is 8.38. The van der Waals surface area contributed by atoms with Crippen LogP contribution in [-0.2, 0) is 14.2 Å². The summed E-state index contributed by atoms with van der Waals surface area (Å²) in [6, 6.07) is 1.48. The van der Waals surface area contributed by atoms with Crippen molar-refractivity contribution in [3.63, 3.8) is 0 Å². The number of esters is 1. The minimum absolute atomic E-state index is 0.0384. The van der Waals surface area contributed by atoms with Gasteiger partial charge in [-0.1, -0.05) is 0 Å². The second-order valence-electron chi connectivity index (χ2n) is 4.46. The lowest BCUT2D eigenvalue weighted by Gasteiger charge is -2.18. The lowest BCUT2D eigenvalue weighted by Crippen LogP contribution is -2.25. The molecule has 1 aromatic heterocycles. The van der Waals surface area contributed by atoms with Crippen LogP contribution in [0.1, 0.15) is 31.1 Å². The highest BCUT2D eigenvalue weighted by Crippen LogP contribution is 2.08. The van der Waals surface area contributed by atoms with Gasteiger partial charge in [0.2, 0.25) is 0 Å². The number of ether oxygens (including phenoxy) is 3. The Morgan fingerprint density at radius 2 is 1.89 bits per heavy atom. The van der Waals surface area contributed by atoms with Gasteiger partial charge < -0.3 is 18.6 Å². The molecule has 0 N–H and O–H groups in total. The Balaban J connectivity index is 2.16. The third kappa shape index (κ3) is 5.38. The van der Waals surface area contributed by atoms with Crippen molar-refractivity contribution >= 4 is 12.1 Å². The van der Waals surface area contributed by atoms with Crippen LogP contribution in [0.25, 0.3) is 0 Å². The normalized spacial score (nSPS) is 10.8. The molecular formula is C12H16O6. The zero-order chi connectivity index (χ0) is 13.6. The maximum Gasteiger partial charge on any atom is 0.508 e. The minimum Gasteiger partial charge on any atom is -0.472 e. The van der Waals surface area contributed by atoms with E-state index in [-0.39, 0.29) is 13.2 Å². The van der Waals surface area contributed by atoms with Crippen LogP contribution in [0, 0.1) is 0 Å². The van der Waals surface area contributed by atoms with Crippen LogP contribution in [0.5, 0.6) is 0 Å². The second-order valence-corrected chi connectivity index (χ2v) is 4.46. The Labute approximate surface area is 105 Å². The number of hydrogen-bond donors (Lipinski definition) is 0. The van der Waals surface area contributed by atoms with Gasteiger partial charge >= 0.3 is 12.1 Å². The maximum atomic E-state index is 11.3. The van der Waals surface area contributed by atoms with Crippen molar-refractivity contribution in [1.29, 1.82) is 0 Å². The van der Waals surface area contributed by atoms with Crippen LogP contribution < -0.4 is 0 Å². The van der Waals surface area contributed by atoms with Gasteiger partial charge in [-0.15, -0.1) is 0 Å². The highest BCUT2D eigenvalue weighted by molar-refractivity contribution is 5.88. The molecule has 1 rings (SSSR count). The molecule has 0 unspecified atom stereocenters. The summed E-state index contributed by atoms with van der Waals surface area (Å²) < 4.78 is 19.2. The van der Waals surface area contributed by atoms with Gasteiger partial charge in [0.25, 0.3) is 0 Å². The van der Waals surface area contributed by atoms with Crippen molar-refractivity contribution in [3.8, 4) is 0 Å². The van der Waals surface area contributed by atoms with E-state index in [0.29, 0.717) is 5.56 Å². The van der Waals surface area contributed by atoms with E-state index in [1.807, 2.05) is 0 Å². The van der Waals surface area contributed by atoms with Crippen LogP contribution >= 0.6 is 0 Å². The average Bonchev–Trinajstić information content (AvgIpc) is 2.74. The lowest BCUT2D eigenvalue weighted by atomic mass is 10.2. The fraction of sp³-hybridized carbons (Fsp3) is 0.500. The fourth-order valence-corrected chi connectivity index (χ4v) is 1.00. The van der Waals surface area contributed by atoms with E-state index in [9.17, 15) is 9.59 Å². The van der Waals surface area contributed by atoms with Crippen LogP contribution in [0.4, 0.5) is 4.79 Å². The molecule has 1 heterocycles. The Morgan fingerprint density at radius 1 is 1.22 bits per heavy atom. The van der Waals surface area contributed by atoms with E-state index < -0.39 is 17.7 Å². The van der Waals surface area contributed by atoms with Crippen molar-refractivity contribution in [2.24, 2.45) is 0 Å². The highest BCUT2D eigenvalue weighted by Gasteiger charge is 2.17. The second kappa shape index (κ2) is 6.09. The number of furan rings is 1. The Hall–Kier alpha value is -1.98. The Kier molecular flexibility index (Phi) is 4.76. The van der Waals surface area contributed by atoms with Crippen LogP contribution in [0.2, 0.25) is 0 Å². The van der Waals surface area contributed by atoms with Gasteiger partial charge in [0.05, 0.1) is 11.8 Å². The average molecular weight is 256 g/mol. The van der Waals surface area contributed by atoms with E-state index in [4.69, 9.17) is 18.6 Å². The molecule has 0 saturated heterocycles. The van der Waals surface area contributed by atoms with E-state index >= 15 is 0 Å². The monoisotopic (exact) mass is 256 g/mol. The smallest absolute Gasteiger partial charge is 0.472 e. The summed E-state index contributed by atoms with van der Waals surface area (Å²) in [6.45, 7) is 5.09. The number of rotatable bonds is 4. The molecule has 0 fully saturated rings. The van der Waals surface area contributed by atoms with Gasteiger partial charge in [-0.05, 0) is 26.8 Å². The van der Waals surface area contributed by atoms with Gasteiger partial charge in [-0.2, -0.15) is 0 Å². The number of carbonyl (C=O) groups is 2. The van der Waals surface area contributed by atoms with Crippen molar-refractivity contribution < 1.29 is 28.2 Å². The van der Waals surface area contributed by atoms with Crippen LogP contribution in [0.3, 0.4) is 0 Å². The van der Waals surface area contributed by atoms with Gasteiger partial charge in [0.1, 0.15) is 25.1 Å². The molecule has 18 heavy (non-hydrogen) atoms. The standard InChI is InChI=1S/C12H16O6/c1-12(2,3)18-11(14)17-7-6-16-10(13)9-4-5-15-8-9/h4-5,8H,6-7H2,1-3H3. The largest absolute Gasteiger partial charge is 0.508 e. The molecular weight excluding hydrogens is 240 g/mol. The molecule has 6 nitrogen and oxygen atoms in total. The molecule has 1 aromatic rings. The summed E-state index contributed by atoms with van der Waals surface area (Å²) in [5, 5.41) is 0. The molecule has 0 spiro atoms. The van der Waals surface area contributed by atoms with Crippen LogP contribution in [0.15, 0.2) is 23.0 Å². The summed E-state index contributed by atoms with van der Waals surface area (Å²) >= 11 is 0. The molecule has 0 saturated carbocycles. The molecule has 0 atom stereocenters. The zero-order valence-electron chi connectivity index (χ0n) is 10.6. The van der Waals surface area contributed by atoms with Crippen molar-refractivity contribution in [2.75, 3.05) is 13.2 Å². The summed E-state index contributed by atoms with van der Waals surface area (Å²) in [5.74, 6) is -0.531. The molecule has 0 aliphatic heterocycles. The van der Waals surface area contributed by atoms with Gasteiger partial charge in [-0.3, -0.25) is 0 Å². The molecule has 0 aromatic carbocycles. The lowest BCUT2D eigenvalue weighted by molar-refractivity contribution is -0.0166. The first kappa shape index (κ1) is 14.1. The molecule has 0 aliphatic carbocycles. The minimum atomic E-state index is -0.790. The first-order valence-electron chi connectivity index (χ1n) is 5.43. The van der Waals surface area contributed by atoms with Crippen molar-refractivity contribution in [3.05, 3.63) is 24.2 Å². The predicted octanol–water partition coefficient (Wildman–Crippen LogP) is 2.39. The third-order valence-electron chi connectivity index (χ3n) is 1.68. The van der Waals surface area contributed by atoms with Crippen molar-refractivity contribution in [2.45, 2.75) is 26.4 Å². The van der Waals surface area contributed by atoms with Gasteiger partial charge in [0, 0.05) is 0 Å². The summed E-state index contributed by atoms with van der Waals surface area (Å²) in [7, 11) is 0. The van der Waals surface area contributed by atoms with E-state index in [0.717, 1.165) is 0 Å². The van der Waals surface area contributed by atoms with E-state index in [1.165, 1.54) is 18.6 Å². The zero-order valence-corrected chi connectivity index (χ0v) is 10.6. The quantitative estimate of drug-likeness (QED) is 0.608. The molecule has 0 bridgehead atoms. The SMILES string of the molecule is CC(C)(C)OC(=O)OCCOC(=O)c1ccoc1. The van der Waals surface area contributed by atoms with Crippen LogP contribution in [-0.4, -0.2) is 30.9 Å². The van der Waals surface area contributed by atoms with E-state index in [1.54, 1.807) is 20.8 Å².